The molecule has 0 spiro atoms. The molecule has 1 aromatic carbocycles. The first-order chi connectivity index (χ1) is 10.9. The van der Waals surface area contributed by atoms with Crippen molar-refractivity contribution >= 4 is 50.9 Å². The van der Waals surface area contributed by atoms with Crippen LogP contribution in [0.25, 0.3) is 0 Å². The van der Waals surface area contributed by atoms with Crippen LogP contribution >= 0.6 is 27.5 Å². The smallest absolute Gasteiger partial charge is 0.287 e. The minimum absolute atomic E-state index is 0.0761. The lowest BCUT2D eigenvalue weighted by Crippen LogP contribution is -2.32. The standard InChI is InChI=1S/C14H11BrClN3O4/c15-11-4-3-10(23-11)14(22)18-6-12(20)19-7-1-2-9(16)8(5-7)13(17)21/h1-5H,6H2,(H2,17,21)(H,18,22)(H,19,20). The molecule has 0 saturated heterocycles. The van der Waals surface area contributed by atoms with Crippen LogP contribution in [-0.4, -0.2) is 24.3 Å². The summed E-state index contributed by atoms with van der Waals surface area (Å²) in [6, 6.07) is 7.34. The summed E-state index contributed by atoms with van der Waals surface area (Å²) < 4.78 is 5.47. The molecular formula is C14H11BrClN3O4. The Kier molecular flexibility index (Phi) is 5.41. The monoisotopic (exact) mass is 399 g/mol. The fourth-order valence-electron chi connectivity index (χ4n) is 1.68. The maximum absolute atomic E-state index is 11.8. The quantitative estimate of drug-likeness (QED) is 0.713. The van der Waals surface area contributed by atoms with Crippen LogP contribution in [0.1, 0.15) is 20.9 Å². The Hall–Kier alpha value is -2.32. The van der Waals surface area contributed by atoms with Crippen molar-refractivity contribution in [3.63, 3.8) is 0 Å². The molecule has 4 N–H and O–H groups in total. The van der Waals surface area contributed by atoms with E-state index < -0.39 is 17.7 Å². The molecule has 9 heteroatoms. The van der Waals surface area contributed by atoms with Gasteiger partial charge in [-0.15, -0.1) is 0 Å². The molecule has 1 heterocycles. The van der Waals surface area contributed by atoms with E-state index in [1.165, 1.54) is 24.3 Å². The fourth-order valence-corrected chi connectivity index (χ4v) is 2.20. The third-order valence-corrected chi connectivity index (χ3v) is 3.48. The minimum Gasteiger partial charge on any atom is -0.444 e. The van der Waals surface area contributed by atoms with E-state index in [-0.39, 0.29) is 22.9 Å². The van der Waals surface area contributed by atoms with Gasteiger partial charge in [0.25, 0.3) is 5.91 Å². The summed E-state index contributed by atoms with van der Waals surface area (Å²) in [4.78, 5) is 34.7. The molecule has 0 aliphatic rings. The molecule has 2 aromatic rings. The van der Waals surface area contributed by atoms with E-state index in [1.54, 1.807) is 6.07 Å². The van der Waals surface area contributed by atoms with Crippen LogP contribution in [0.4, 0.5) is 5.69 Å². The Labute approximate surface area is 144 Å². The van der Waals surface area contributed by atoms with Crippen molar-refractivity contribution < 1.29 is 18.8 Å². The van der Waals surface area contributed by atoms with Gasteiger partial charge in [-0.25, -0.2) is 0 Å². The van der Waals surface area contributed by atoms with Crippen molar-refractivity contribution in [1.82, 2.24) is 5.32 Å². The lowest BCUT2D eigenvalue weighted by Gasteiger charge is -2.08. The van der Waals surface area contributed by atoms with Gasteiger partial charge in [0, 0.05) is 5.69 Å². The van der Waals surface area contributed by atoms with Gasteiger partial charge in [-0.3, -0.25) is 14.4 Å². The highest BCUT2D eigenvalue weighted by atomic mass is 79.9. The maximum atomic E-state index is 11.8. The predicted molar refractivity (Wildman–Crippen MR) is 87.3 cm³/mol. The third kappa shape index (κ3) is 4.57. The third-order valence-electron chi connectivity index (χ3n) is 2.72. The summed E-state index contributed by atoms with van der Waals surface area (Å²) in [6.07, 6.45) is 0. The second kappa shape index (κ2) is 7.30. The molecule has 3 amide bonds. The number of hydrogen-bond donors (Lipinski definition) is 3. The van der Waals surface area contributed by atoms with E-state index in [2.05, 4.69) is 26.6 Å². The van der Waals surface area contributed by atoms with Gasteiger partial charge in [0.1, 0.15) is 0 Å². The minimum atomic E-state index is -0.706. The summed E-state index contributed by atoms with van der Waals surface area (Å²) in [7, 11) is 0. The first kappa shape index (κ1) is 17.0. The Morgan fingerprint density at radius 2 is 1.96 bits per heavy atom. The number of nitrogens with one attached hydrogen (secondary N) is 2. The highest BCUT2D eigenvalue weighted by Crippen LogP contribution is 2.20. The number of halogens is 2. The molecular weight excluding hydrogens is 390 g/mol. The zero-order valence-electron chi connectivity index (χ0n) is 11.6. The summed E-state index contributed by atoms with van der Waals surface area (Å²) in [6.45, 7) is -0.272. The summed E-state index contributed by atoms with van der Waals surface area (Å²) in [5.74, 6) is -1.64. The van der Waals surface area contributed by atoms with Crippen LogP contribution in [0.15, 0.2) is 39.4 Å². The van der Waals surface area contributed by atoms with Crippen LogP contribution in [-0.2, 0) is 4.79 Å². The van der Waals surface area contributed by atoms with Crippen molar-refractivity contribution in [3.05, 3.63) is 51.3 Å². The van der Waals surface area contributed by atoms with E-state index in [1.807, 2.05) is 0 Å². The summed E-state index contributed by atoms with van der Waals surface area (Å²) in [5.41, 5.74) is 5.60. The van der Waals surface area contributed by atoms with Crippen molar-refractivity contribution in [2.24, 2.45) is 5.73 Å². The van der Waals surface area contributed by atoms with Crippen molar-refractivity contribution in [2.45, 2.75) is 0 Å². The zero-order valence-corrected chi connectivity index (χ0v) is 13.9. The average molecular weight is 401 g/mol. The number of rotatable bonds is 5. The van der Waals surface area contributed by atoms with Gasteiger partial charge in [0.05, 0.1) is 17.1 Å². The van der Waals surface area contributed by atoms with Crippen LogP contribution in [0.2, 0.25) is 5.02 Å². The van der Waals surface area contributed by atoms with Crippen LogP contribution < -0.4 is 16.4 Å². The second-order valence-corrected chi connectivity index (χ2v) is 5.58. The van der Waals surface area contributed by atoms with Crippen LogP contribution in [0.3, 0.4) is 0 Å². The molecule has 23 heavy (non-hydrogen) atoms. The molecule has 0 bridgehead atoms. The molecule has 1 aromatic heterocycles. The molecule has 7 nitrogen and oxygen atoms in total. The number of benzene rings is 1. The summed E-state index contributed by atoms with van der Waals surface area (Å²) >= 11 is 8.89. The van der Waals surface area contributed by atoms with Gasteiger partial charge in [0.2, 0.25) is 11.8 Å². The Morgan fingerprint density at radius 3 is 2.57 bits per heavy atom. The van der Waals surface area contributed by atoms with E-state index in [9.17, 15) is 14.4 Å². The Morgan fingerprint density at radius 1 is 1.22 bits per heavy atom. The van der Waals surface area contributed by atoms with Gasteiger partial charge < -0.3 is 20.8 Å². The largest absolute Gasteiger partial charge is 0.444 e. The molecule has 0 saturated carbocycles. The normalized spacial score (nSPS) is 10.2. The summed E-state index contributed by atoms with van der Waals surface area (Å²) in [5, 5.41) is 5.10. The molecule has 0 unspecified atom stereocenters. The molecule has 2 rings (SSSR count). The number of nitrogens with two attached hydrogens (primary N) is 1. The molecule has 0 aliphatic carbocycles. The van der Waals surface area contributed by atoms with E-state index >= 15 is 0 Å². The first-order valence-electron chi connectivity index (χ1n) is 6.29. The van der Waals surface area contributed by atoms with E-state index in [0.29, 0.717) is 10.4 Å². The Bertz CT molecular complexity index is 775. The molecule has 0 radical (unpaired) electrons. The average Bonchev–Trinajstić information content (AvgIpc) is 2.93. The van der Waals surface area contributed by atoms with Gasteiger partial charge in [0.15, 0.2) is 10.4 Å². The van der Waals surface area contributed by atoms with Gasteiger partial charge >= 0.3 is 0 Å². The number of carbonyl (C=O) groups excluding carboxylic acids is 3. The van der Waals surface area contributed by atoms with E-state index in [0.717, 1.165) is 0 Å². The molecule has 0 atom stereocenters. The van der Waals surface area contributed by atoms with Crippen molar-refractivity contribution in [1.29, 1.82) is 0 Å². The number of carbonyl (C=O) groups is 3. The maximum Gasteiger partial charge on any atom is 0.287 e. The highest BCUT2D eigenvalue weighted by molar-refractivity contribution is 9.10. The number of primary amides is 1. The van der Waals surface area contributed by atoms with Crippen LogP contribution in [0.5, 0.6) is 0 Å². The van der Waals surface area contributed by atoms with E-state index in [4.69, 9.17) is 21.8 Å². The lowest BCUT2D eigenvalue weighted by atomic mass is 10.2. The topological polar surface area (TPSA) is 114 Å². The Balaban J connectivity index is 1.93. The molecule has 120 valence electrons. The predicted octanol–water partition coefficient (Wildman–Crippen LogP) is 2.16. The van der Waals surface area contributed by atoms with Crippen molar-refractivity contribution in [2.75, 3.05) is 11.9 Å². The first-order valence-corrected chi connectivity index (χ1v) is 7.46. The number of furan rings is 1. The molecule has 0 aliphatic heterocycles. The molecule has 0 fully saturated rings. The highest BCUT2D eigenvalue weighted by Gasteiger charge is 2.13. The second-order valence-electron chi connectivity index (χ2n) is 4.39. The number of hydrogen-bond acceptors (Lipinski definition) is 4. The zero-order chi connectivity index (χ0) is 17.0. The van der Waals surface area contributed by atoms with Gasteiger partial charge in [-0.1, -0.05) is 11.6 Å². The number of anilines is 1. The van der Waals surface area contributed by atoms with Crippen LogP contribution in [0, 0.1) is 0 Å². The number of amides is 3. The van der Waals surface area contributed by atoms with Gasteiger partial charge in [-0.05, 0) is 46.3 Å². The lowest BCUT2D eigenvalue weighted by molar-refractivity contribution is -0.115. The fraction of sp³-hybridized carbons (Fsp3) is 0.0714. The van der Waals surface area contributed by atoms with Gasteiger partial charge in [-0.2, -0.15) is 0 Å². The van der Waals surface area contributed by atoms with Crippen molar-refractivity contribution in [3.8, 4) is 0 Å². The SMILES string of the molecule is NC(=O)c1cc(NC(=O)CNC(=O)c2ccc(Br)o2)ccc1Cl.